The normalized spacial score (nSPS) is 17.6. The van der Waals surface area contributed by atoms with Crippen LogP contribution in [0.5, 0.6) is 0 Å². The lowest BCUT2D eigenvalue weighted by atomic mass is 9.95. The molecule has 2 N–H and O–H groups in total. The summed E-state index contributed by atoms with van der Waals surface area (Å²) in [6, 6.07) is 8.33. The Balaban J connectivity index is 1.60. The van der Waals surface area contributed by atoms with Crippen LogP contribution in [0.25, 0.3) is 11.0 Å². The number of nitrogens with one attached hydrogen (secondary N) is 2. The van der Waals surface area contributed by atoms with Gasteiger partial charge in [-0.15, -0.1) is 0 Å². The molecule has 1 saturated heterocycles. The number of hydrogen-bond donors (Lipinski definition) is 2. The Morgan fingerprint density at radius 3 is 2.82 bits per heavy atom. The van der Waals surface area contributed by atoms with Crippen molar-refractivity contribution in [3.63, 3.8) is 0 Å². The first-order valence-corrected chi connectivity index (χ1v) is 8.17. The van der Waals surface area contributed by atoms with Gasteiger partial charge in [0.2, 0.25) is 11.9 Å². The maximum Gasteiger partial charge on any atom is 0.223 e. The number of imidazole rings is 1. The van der Waals surface area contributed by atoms with Crippen LogP contribution >= 0.6 is 0 Å². The predicted octanol–water partition coefficient (Wildman–Crippen LogP) is 2.69. The molecule has 0 aliphatic carbocycles. The van der Waals surface area contributed by atoms with Crippen LogP contribution in [0.15, 0.2) is 24.3 Å². The van der Waals surface area contributed by atoms with Crippen LogP contribution in [0.1, 0.15) is 33.1 Å². The highest BCUT2D eigenvalue weighted by molar-refractivity contribution is 5.79. The SMILES string of the molecule is CCC(C)NC(=O)C1CCN(c2nc3ccccc3[nH]2)CC1. The number of benzene rings is 1. The van der Waals surface area contributed by atoms with Crippen molar-refractivity contribution in [2.24, 2.45) is 5.92 Å². The van der Waals surface area contributed by atoms with E-state index in [0.29, 0.717) is 0 Å². The largest absolute Gasteiger partial charge is 0.353 e. The maximum absolute atomic E-state index is 12.2. The standard InChI is InChI=1S/C17H24N4O/c1-3-12(2)18-16(22)13-8-10-21(11-9-13)17-19-14-6-4-5-7-15(14)20-17/h4-7,12-13H,3,8-11H2,1-2H3,(H,18,22)(H,19,20). The summed E-state index contributed by atoms with van der Waals surface area (Å²) in [6.45, 7) is 5.90. The molecule has 3 rings (SSSR count). The van der Waals surface area contributed by atoms with E-state index in [1.807, 2.05) is 24.3 Å². The van der Waals surface area contributed by atoms with Crippen molar-refractivity contribution in [3.8, 4) is 0 Å². The zero-order valence-corrected chi connectivity index (χ0v) is 13.3. The first-order chi connectivity index (χ1) is 10.7. The van der Waals surface area contributed by atoms with E-state index in [-0.39, 0.29) is 17.9 Å². The molecular weight excluding hydrogens is 276 g/mol. The molecule has 5 heteroatoms. The molecule has 1 amide bonds. The first-order valence-electron chi connectivity index (χ1n) is 8.17. The second kappa shape index (κ2) is 6.38. The van der Waals surface area contributed by atoms with Crippen molar-refractivity contribution in [1.82, 2.24) is 15.3 Å². The highest BCUT2D eigenvalue weighted by Gasteiger charge is 2.26. The van der Waals surface area contributed by atoms with Crippen LogP contribution in [-0.2, 0) is 4.79 Å². The van der Waals surface area contributed by atoms with Crippen molar-refractivity contribution < 1.29 is 4.79 Å². The van der Waals surface area contributed by atoms with E-state index >= 15 is 0 Å². The van der Waals surface area contributed by atoms with Gasteiger partial charge < -0.3 is 15.2 Å². The van der Waals surface area contributed by atoms with E-state index in [0.717, 1.165) is 49.3 Å². The second-order valence-electron chi connectivity index (χ2n) is 6.16. The molecule has 118 valence electrons. The summed E-state index contributed by atoms with van der Waals surface area (Å²) in [5.74, 6) is 1.26. The fourth-order valence-corrected chi connectivity index (χ4v) is 2.91. The van der Waals surface area contributed by atoms with Gasteiger partial charge in [0, 0.05) is 25.0 Å². The van der Waals surface area contributed by atoms with Crippen molar-refractivity contribution in [2.45, 2.75) is 39.2 Å². The Bertz CT molecular complexity index is 610. The lowest BCUT2D eigenvalue weighted by molar-refractivity contribution is -0.126. The number of H-pyrrole nitrogens is 1. The quantitative estimate of drug-likeness (QED) is 0.912. The van der Waals surface area contributed by atoms with Gasteiger partial charge in [-0.25, -0.2) is 4.98 Å². The average molecular weight is 300 g/mol. The molecule has 0 saturated carbocycles. The van der Waals surface area contributed by atoms with Gasteiger partial charge in [-0.3, -0.25) is 4.79 Å². The van der Waals surface area contributed by atoms with E-state index in [1.54, 1.807) is 0 Å². The van der Waals surface area contributed by atoms with Crippen molar-refractivity contribution in [3.05, 3.63) is 24.3 Å². The van der Waals surface area contributed by atoms with Gasteiger partial charge in [-0.1, -0.05) is 19.1 Å². The van der Waals surface area contributed by atoms with Crippen LogP contribution in [0, 0.1) is 5.92 Å². The van der Waals surface area contributed by atoms with Gasteiger partial charge in [-0.05, 0) is 38.3 Å². The molecule has 0 radical (unpaired) electrons. The molecule has 5 nitrogen and oxygen atoms in total. The molecule has 1 aliphatic heterocycles. The number of amides is 1. The van der Waals surface area contributed by atoms with Crippen molar-refractivity contribution in [1.29, 1.82) is 0 Å². The fourth-order valence-electron chi connectivity index (χ4n) is 2.91. The van der Waals surface area contributed by atoms with Gasteiger partial charge in [0.15, 0.2) is 0 Å². The number of nitrogens with zero attached hydrogens (tertiary/aromatic N) is 2. The molecule has 0 spiro atoms. The maximum atomic E-state index is 12.2. The highest BCUT2D eigenvalue weighted by Crippen LogP contribution is 2.23. The number of aromatic amines is 1. The van der Waals surface area contributed by atoms with E-state index in [4.69, 9.17) is 0 Å². The zero-order valence-electron chi connectivity index (χ0n) is 13.3. The van der Waals surface area contributed by atoms with Crippen LogP contribution in [-0.4, -0.2) is 35.0 Å². The minimum Gasteiger partial charge on any atom is -0.353 e. The van der Waals surface area contributed by atoms with E-state index in [9.17, 15) is 4.79 Å². The molecule has 2 heterocycles. The summed E-state index contributed by atoms with van der Waals surface area (Å²) in [6.07, 6.45) is 2.75. The molecule has 1 aromatic carbocycles. The minimum atomic E-state index is 0.134. The molecule has 2 aromatic rings. The van der Waals surface area contributed by atoms with Crippen molar-refractivity contribution in [2.75, 3.05) is 18.0 Å². The minimum absolute atomic E-state index is 0.134. The van der Waals surface area contributed by atoms with E-state index in [2.05, 4.69) is 34.0 Å². The Labute approximate surface area is 131 Å². The fraction of sp³-hybridized carbons (Fsp3) is 0.529. The number of carbonyl (C=O) groups excluding carboxylic acids is 1. The average Bonchev–Trinajstić information content (AvgIpc) is 2.98. The highest BCUT2D eigenvalue weighted by atomic mass is 16.1. The molecule has 1 atom stereocenters. The molecule has 1 unspecified atom stereocenters. The molecule has 22 heavy (non-hydrogen) atoms. The monoisotopic (exact) mass is 300 g/mol. The predicted molar refractivity (Wildman–Crippen MR) is 88.9 cm³/mol. The van der Waals surface area contributed by atoms with Crippen LogP contribution in [0.2, 0.25) is 0 Å². The summed E-state index contributed by atoms with van der Waals surface area (Å²) in [7, 11) is 0. The van der Waals surface area contributed by atoms with Crippen LogP contribution in [0.3, 0.4) is 0 Å². The first kappa shape index (κ1) is 14.9. The topological polar surface area (TPSA) is 61.0 Å². The van der Waals surface area contributed by atoms with Gasteiger partial charge in [0.05, 0.1) is 11.0 Å². The number of fused-ring (bicyclic) bond motifs is 1. The third-order valence-corrected chi connectivity index (χ3v) is 4.54. The zero-order chi connectivity index (χ0) is 15.5. The Hall–Kier alpha value is -2.04. The summed E-state index contributed by atoms with van der Waals surface area (Å²) in [5, 5.41) is 3.09. The molecule has 1 fully saturated rings. The van der Waals surface area contributed by atoms with Gasteiger partial charge in [0.1, 0.15) is 0 Å². The summed E-state index contributed by atoms with van der Waals surface area (Å²) in [5.41, 5.74) is 2.06. The second-order valence-corrected chi connectivity index (χ2v) is 6.16. The molecule has 1 aromatic heterocycles. The molecular formula is C17H24N4O. The van der Waals surface area contributed by atoms with Crippen LogP contribution in [0.4, 0.5) is 5.95 Å². The Morgan fingerprint density at radius 1 is 1.41 bits per heavy atom. The summed E-state index contributed by atoms with van der Waals surface area (Å²) >= 11 is 0. The number of rotatable bonds is 4. The Morgan fingerprint density at radius 2 is 2.14 bits per heavy atom. The number of aromatic nitrogens is 2. The third-order valence-electron chi connectivity index (χ3n) is 4.54. The number of hydrogen-bond acceptors (Lipinski definition) is 3. The number of para-hydroxylation sites is 2. The smallest absolute Gasteiger partial charge is 0.223 e. The molecule has 0 bridgehead atoms. The van der Waals surface area contributed by atoms with Gasteiger partial charge in [-0.2, -0.15) is 0 Å². The number of carbonyl (C=O) groups is 1. The van der Waals surface area contributed by atoms with Crippen LogP contribution < -0.4 is 10.2 Å². The lowest BCUT2D eigenvalue weighted by Crippen LogP contribution is -2.43. The van der Waals surface area contributed by atoms with Gasteiger partial charge in [0.25, 0.3) is 0 Å². The Kier molecular flexibility index (Phi) is 4.32. The summed E-state index contributed by atoms with van der Waals surface area (Å²) in [4.78, 5) is 22.4. The number of anilines is 1. The summed E-state index contributed by atoms with van der Waals surface area (Å²) < 4.78 is 0. The molecule has 1 aliphatic rings. The van der Waals surface area contributed by atoms with Crippen molar-refractivity contribution >= 4 is 22.9 Å². The van der Waals surface area contributed by atoms with Gasteiger partial charge >= 0.3 is 0 Å². The number of piperidine rings is 1. The van der Waals surface area contributed by atoms with E-state index in [1.165, 1.54) is 0 Å². The third kappa shape index (κ3) is 3.08. The lowest BCUT2D eigenvalue weighted by Gasteiger charge is -2.31. The van der Waals surface area contributed by atoms with E-state index < -0.39 is 0 Å².